The molecule has 3 heteroatoms. The van der Waals surface area contributed by atoms with Crippen LogP contribution in [0.4, 0.5) is 0 Å². The third-order valence-electron chi connectivity index (χ3n) is 3.96. The van der Waals surface area contributed by atoms with E-state index in [4.69, 9.17) is 0 Å². The van der Waals surface area contributed by atoms with Crippen molar-refractivity contribution in [2.75, 3.05) is 0 Å². The van der Waals surface area contributed by atoms with E-state index in [1.54, 1.807) is 11.3 Å². The van der Waals surface area contributed by atoms with Crippen molar-refractivity contribution >= 4 is 11.3 Å². The summed E-state index contributed by atoms with van der Waals surface area (Å²) in [7, 11) is 0. The first-order chi connectivity index (χ1) is 8.74. The molecule has 18 heavy (non-hydrogen) atoms. The lowest BCUT2D eigenvalue weighted by atomic mass is 9.80. The zero-order chi connectivity index (χ0) is 12.5. The van der Waals surface area contributed by atoms with Crippen molar-refractivity contribution in [2.45, 2.75) is 39.2 Å². The smallest absolute Gasteiger partial charge is 0.150 e. The van der Waals surface area contributed by atoms with Gasteiger partial charge in [0.2, 0.25) is 0 Å². The standard InChI is InChI=1S/C15H20N2S/c1-11-8-12(2)10-13(9-11)17-6-5-16-15(17)14-4-3-7-18-14/h3-7,11-13H,8-10H2,1-2H3. The molecule has 1 aliphatic rings. The van der Waals surface area contributed by atoms with Crippen molar-refractivity contribution in [1.29, 1.82) is 0 Å². The Bertz CT molecular complexity index is 490. The molecule has 1 aliphatic carbocycles. The van der Waals surface area contributed by atoms with Crippen molar-refractivity contribution in [3.63, 3.8) is 0 Å². The van der Waals surface area contributed by atoms with Crippen LogP contribution in [0.15, 0.2) is 29.9 Å². The summed E-state index contributed by atoms with van der Waals surface area (Å²) in [6.45, 7) is 4.76. The molecule has 0 bridgehead atoms. The van der Waals surface area contributed by atoms with Gasteiger partial charge in [-0.3, -0.25) is 0 Å². The molecule has 0 N–H and O–H groups in total. The summed E-state index contributed by atoms with van der Waals surface area (Å²) < 4.78 is 2.40. The Kier molecular flexibility index (Phi) is 3.25. The Labute approximate surface area is 113 Å². The molecule has 0 aliphatic heterocycles. The van der Waals surface area contributed by atoms with Gasteiger partial charge in [0.25, 0.3) is 0 Å². The van der Waals surface area contributed by atoms with Crippen LogP contribution in [0.5, 0.6) is 0 Å². The van der Waals surface area contributed by atoms with Crippen LogP contribution in [0.3, 0.4) is 0 Å². The van der Waals surface area contributed by atoms with Gasteiger partial charge in [-0.15, -0.1) is 11.3 Å². The van der Waals surface area contributed by atoms with Crippen molar-refractivity contribution in [3.05, 3.63) is 29.9 Å². The quantitative estimate of drug-likeness (QED) is 0.771. The molecule has 1 fully saturated rings. The monoisotopic (exact) mass is 260 g/mol. The molecule has 3 rings (SSSR count). The third-order valence-corrected chi connectivity index (χ3v) is 4.82. The molecule has 1 saturated carbocycles. The highest BCUT2D eigenvalue weighted by molar-refractivity contribution is 7.13. The largest absolute Gasteiger partial charge is 0.327 e. The second-order valence-electron chi connectivity index (χ2n) is 5.71. The SMILES string of the molecule is CC1CC(C)CC(n2ccnc2-c2cccs2)C1. The number of nitrogens with zero attached hydrogens (tertiary/aromatic N) is 2. The summed E-state index contributed by atoms with van der Waals surface area (Å²) in [5.41, 5.74) is 0. The Morgan fingerprint density at radius 3 is 2.67 bits per heavy atom. The Hall–Kier alpha value is -1.09. The van der Waals surface area contributed by atoms with E-state index < -0.39 is 0 Å². The van der Waals surface area contributed by atoms with Gasteiger partial charge in [0, 0.05) is 18.4 Å². The van der Waals surface area contributed by atoms with E-state index in [1.807, 2.05) is 6.20 Å². The minimum absolute atomic E-state index is 0.628. The van der Waals surface area contributed by atoms with Crippen LogP contribution < -0.4 is 0 Å². The molecule has 0 saturated heterocycles. The molecular weight excluding hydrogens is 240 g/mol. The number of hydrogen-bond acceptors (Lipinski definition) is 2. The lowest BCUT2D eigenvalue weighted by molar-refractivity contribution is 0.222. The highest BCUT2D eigenvalue weighted by Gasteiger charge is 2.26. The van der Waals surface area contributed by atoms with Gasteiger partial charge in [-0.2, -0.15) is 0 Å². The number of rotatable bonds is 2. The van der Waals surface area contributed by atoms with E-state index in [1.165, 1.54) is 24.1 Å². The molecule has 2 atom stereocenters. The molecule has 2 aromatic rings. The summed E-state index contributed by atoms with van der Waals surface area (Å²) in [4.78, 5) is 5.84. The molecule has 96 valence electrons. The van der Waals surface area contributed by atoms with Crippen LogP contribution in [-0.2, 0) is 0 Å². The Morgan fingerprint density at radius 2 is 2.00 bits per heavy atom. The summed E-state index contributed by atoms with van der Waals surface area (Å²) >= 11 is 1.78. The van der Waals surface area contributed by atoms with Crippen molar-refractivity contribution in [3.8, 4) is 10.7 Å². The maximum absolute atomic E-state index is 4.56. The van der Waals surface area contributed by atoms with Gasteiger partial charge >= 0.3 is 0 Å². The highest BCUT2D eigenvalue weighted by atomic mass is 32.1. The number of thiophene rings is 1. The van der Waals surface area contributed by atoms with Gasteiger partial charge < -0.3 is 4.57 Å². The first-order valence-electron chi connectivity index (χ1n) is 6.80. The van der Waals surface area contributed by atoms with Crippen molar-refractivity contribution in [1.82, 2.24) is 9.55 Å². The first kappa shape index (κ1) is 12.0. The third kappa shape index (κ3) is 2.24. The van der Waals surface area contributed by atoms with E-state index in [0.717, 1.165) is 17.7 Å². The number of imidazole rings is 1. The Morgan fingerprint density at radius 1 is 1.22 bits per heavy atom. The zero-order valence-corrected chi connectivity index (χ0v) is 11.9. The predicted octanol–water partition coefficient (Wildman–Crippen LogP) is 4.61. The van der Waals surface area contributed by atoms with Gasteiger partial charge in [0.15, 0.2) is 0 Å². The van der Waals surface area contributed by atoms with Crippen molar-refractivity contribution < 1.29 is 0 Å². The molecule has 0 aromatic carbocycles. The minimum atomic E-state index is 0.628. The van der Waals surface area contributed by atoms with Crippen LogP contribution in [0.2, 0.25) is 0 Å². The fraction of sp³-hybridized carbons (Fsp3) is 0.533. The topological polar surface area (TPSA) is 17.8 Å². The second kappa shape index (κ2) is 4.88. The fourth-order valence-electron chi connectivity index (χ4n) is 3.34. The lowest BCUT2D eigenvalue weighted by Gasteiger charge is -2.33. The maximum atomic E-state index is 4.56. The van der Waals surface area contributed by atoms with Gasteiger partial charge in [-0.1, -0.05) is 19.9 Å². The van der Waals surface area contributed by atoms with Crippen LogP contribution in [0.25, 0.3) is 10.7 Å². The minimum Gasteiger partial charge on any atom is -0.327 e. The Balaban J connectivity index is 1.91. The van der Waals surface area contributed by atoms with E-state index in [9.17, 15) is 0 Å². The predicted molar refractivity (Wildman–Crippen MR) is 76.8 cm³/mol. The second-order valence-corrected chi connectivity index (χ2v) is 6.65. The average molecular weight is 260 g/mol. The van der Waals surface area contributed by atoms with Crippen LogP contribution in [0.1, 0.15) is 39.2 Å². The summed E-state index contributed by atoms with van der Waals surface area (Å²) in [6.07, 6.45) is 8.06. The van der Waals surface area contributed by atoms with Gasteiger partial charge in [-0.25, -0.2) is 4.98 Å². The van der Waals surface area contributed by atoms with Gasteiger partial charge in [0.1, 0.15) is 5.82 Å². The van der Waals surface area contributed by atoms with Crippen LogP contribution in [-0.4, -0.2) is 9.55 Å². The number of hydrogen-bond donors (Lipinski definition) is 0. The van der Waals surface area contributed by atoms with E-state index in [-0.39, 0.29) is 0 Å². The van der Waals surface area contributed by atoms with Crippen LogP contribution >= 0.6 is 11.3 Å². The van der Waals surface area contributed by atoms with Crippen LogP contribution in [0, 0.1) is 11.8 Å². The molecular formula is C15H20N2S. The van der Waals surface area contributed by atoms with Gasteiger partial charge in [-0.05, 0) is 42.5 Å². The molecule has 0 amide bonds. The lowest BCUT2D eigenvalue weighted by Crippen LogP contribution is -2.22. The molecule has 0 spiro atoms. The van der Waals surface area contributed by atoms with E-state index in [0.29, 0.717) is 6.04 Å². The van der Waals surface area contributed by atoms with Crippen molar-refractivity contribution in [2.24, 2.45) is 11.8 Å². The molecule has 2 nitrogen and oxygen atoms in total. The summed E-state index contributed by atoms with van der Waals surface area (Å²) in [6, 6.07) is 4.90. The van der Waals surface area contributed by atoms with E-state index >= 15 is 0 Å². The fourth-order valence-corrected chi connectivity index (χ4v) is 4.06. The normalized spacial score (nSPS) is 28.4. The number of aromatic nitrogens is 2. The highest BCUT2D eigenvalue weighted by Crippen LogP contribution is 2.38. The molecule has 2 heterocycles. The average Bonchev–Trinajstić information content (AvgIpc) is 2.98. The van der Waals surface area contributed by atoms with Gasteiger partial charge in [0.05, 0.1) is 4.88 Å². The zero-order valence-electron chi connectivity index (χ0n) is 11.0. The van der Waals surface area contributed by atoms with E-state index in [2.05, 4.69) is 47.1 Å². The molecule has 0 radical (unpaired) electrons. The maximum Gasteiger partial charge on any atom is 0.150 e. The summed E-state index contributed by atoms with van der Waals surface area (Å²) in [5, 5.41) is 2.13. The molecule has 2 aromatic heterocycles. The molecule has 2 unspecified atom stereocenters. The first-order valence-corrected chi connectivity index (χ1v) is 7.68. The summed E-state index contributed by atoms with van der Waals surface area (Å²) in [5.74, 6) is 2.81.